The highest BCUT2D eigenvalue weighted by molar-refractivity contribution is 5.43. The first-order chi connectivity index (χ1) is 10.4. The van der Waals surface area contributed by atoms with E-state index in [1.54, 1.807) is 5.56 Å². The summed E-state index contributed by atoms with van der Waals surface area (Å²) in [6.45, 7) is 1.01. The first kappa shape index (κ1) is 13.1. The molecule has 3 nitrogen and oxygen atoms in total. The van der Waals surface area contributed by atoms with Crippen LogP contribution in [0.25, 0.3) is 0 Å². The van der Waals surface area contributed by atoms with Gasteiger partial charge in [0, 0.05) is 12.3 Å². The molecule has 1 heterocycles. The van der Waals surface area contributed by atoms with E-state index in [1.807, 2.05) is 13.2 Å². The fourth-order valence-corrected chi connectivity index (χ4v) is 3.96. The third kappa shape index (κ3) is 2.30. The first-order valence-corrected chi connectivity index (χ1v) is 8.05. The molecule has 1 fully saturated rings. The number of aromatic nitrogens is 1. The molecule has 3 heteroatoms. The van der Waals surface area contributed by atoms with Crippen LogP contribution in [0.2, 0.25) is 0 Å². The number of fused-ring (bicyclic) bond motifs is 3. The van der Waals surface area contributed by atoms with Crippen molar-refractivity contribution in [3.63, 3.8) is 0 Å². The fraction of sp³-hybridized carbons (Fsp3) is 0.500. The van der Waals surface area contributed by atoms with E-state index in [-0.39, 0.29) is 0 Å². The molecule has 0 amide bonds. The van der Waals surface area contributed by atoms with E-state index in [9.17, 15) is 0 Å². The van der Waals surface area contributed by atoms with Gasteiger partial charge in [0.2, 0.25) is 0 Å². The van der Waals surface area contributed by atoms with Crippen molar-refractivity contribution in [2.45, 2.75) is 37.5 Å². The van der Waals surface area contributed by atoms with E-state index < -0.39 is 0 Å². The number of benzene rings is 1. The van der Waals surface area contributed by atoms with Crippen molar-refractivity contribution in [2.75, 3.05) is 13.6 Å². The van der Waals surface area contributed by atoms with Crippen molar-refractivity contribution < 1.29 is 4.42 Å². The summed E-state index contributed by atoms with van der Waals surface area (Å²) in [6.07, 6.45) is 6.50. The van der Waals surface area contributed by atoms with E-state index in [0.29, 0.717) is 11.8 Å². The quantitative estimate of drug-likeness (QED) is 0.855. The number of oxazole rings is 1. The molecule has 2 aliphatic carbocycles. The van der Waals surface area contributed by atoms with Crippen LogP contribution < -0.4 is 5.32 Å². The SMILES string of the molecule is CNCCCc1ncc(C2C3CCc4ccccc4C32)o1. The van der Waals surface area contributed by atoms with Crippen LogP contribution in [-0.2, 0) is 12.8 Å². The summed E-state index contributed by atoms with van der Waals surface area (Å²) < 4.78 is 6.02. The lowest BCUT2D eigenvalue weighted by Gasteiger charge is -2.13. The average Bonchev–Trinajstić information content (AvgIpc) is 3.09. The second-order valence-corrected chi connectivity index (χ2v) is 6.32. The van der Waals surface area contributed by atoms with Gasteiger partial charge in [-0.2, -0.15) is 0 Å². The smallest absolute Gasteiger partial charge is 0.194 e. The van der Waals surface area contributed by atoms with Crippen LogP contribution in [0.5, 0.6) is 0 Å². The number of hydrogen-bond donors (Lipinski definition) is 1. The minimum absolute atomic E-state index is 0.569. The molecular weight excluding hydrogens is 260 g/mol. The standard InChI is InChI=1S/C18H22N2O/c1-19-10-4-7-16-20-11-15(21-16)18-14-9-8-12-5-2-3-6-13(12)17(14)18/h2-3,5-6,11,14,17-19H,4,7-10H2,1H3. The molecule has 4 rings (SSSR count). The summed E-state index contributed by atoms with van der Waals surface area (Å²) in [4.78, 5) is 4.47. The highest BCUT2D eigenvalue weighted by Gasteiger charge is 2.55. The Labute approximate surface area is 125 Å². The van der Waals surface area contributed by atoms with Gasteiger partial charge in [-0.05, 0) is 55.8 Å². The van der Waals surface area contributed by atoms with Crippen LogP contribution in [0, 0.1) is 5.92 Å². The van der Waals surface area contributed by atoms with Gasteiger partial charge in [0.25, 0.3) is 0 Å². The van der Waals surface area contributed by atoms with Gasteiger partial charge in [-0.25, -0.2) is 4.98 Å². The maximum Gasteiger partial charge on any atom is 0.194 e. The Morgan fingerprint density at radius 2 is 2.19 bits per heavy atom. The maximum atomic E-state index is 6.02. The lowest BCUT2D eigenvalue weighted by molar-refractivity contribution is 0.442. The fourth-order valence-electron chi connectivity index (χ4n) is 3.96. The molecule has 0 radical (unpaired) electrons. The molecular formula is C18H22N2O. The molecule has 110 valence electrons. The predicted molar refractivity (Wildman–Crippen MR) is 82.5 cm³/mol. The van der Waals surface area contributed by atoms with Gasteiger partial charge in [0.15, 0.2) is 5.89 Å². The minimum atomic E-state index is 0.569. The second kappa shape index (κ2) is 5.30. The van der Waals surface area contributed by atoms with Gasteiger partial charge < -0.3 is 9.73 Å². The highest BCUT2D eigenvalue weighted by atomic mass is 16.4. The molecule has 2 aliphatic rings. The molecule has 21 heavy (non-hydrogen) atoms. The molecule has 0 spiro atoms. The van der Waals surface area contributed by atoms with Crippen molar-refractivity contribution in [2.24, 2.45) is 5.92 Å². The molecule has 3 unspecified atom stereocenters. The Morgan fingerprint density at radius 3 is 3.10 bits per heavy atom. The van der Waals surface area contributed by atoms with Crippen LogP contribution in [0.15, 0.2) is 34.9 Å². The lowest BCUT2D eigenvalue weighted by atomic mass is 9.92. The molecule has 3 atom stereocenters. The van der Waals surface area contributed by atoms with E-state index in [1.165, 1.54) is 18.4 Å². The van der Waals surface area contributed by atoms with E-state index in [4.69, 9.17) is 4.42 Å². The highest BCUT2D eigenvalue weighted by Crippen LogP contribution is 2.65. The Kier molecular flexibility index (Phi) is 3.30. The van der Waals surface area contributed by atoms with Crippen molar-refractivity contribution in [3.8, 4) is 0 Å². The third-order valence-corrected chi connectivity index (χ3v) is 5.05. The van der Waals surface area contributed by atoms with E-state index >= 15 is 0 Å². The first-order valence-electron chi connectivity index (χ1n) is 8.05. The summed E-state index contributed by atoms with van der Waals surface area (Å²) in [7, 11) is 1.98. The van der Waals surface area contributed by atoms with Crippen LogP contribution >= 0.6 is 0 Å². The molecule has 0 saturated heterocycles. The van der Waals surface area contributed by atoms with Crippen LogP contribution in [0.4, 0.5) is 0 Å². The molecule has 1 N–H and O–H groups in total. The Morgan fingerprint density at radius 1 is 1.29 bits per heavy atom. The topological polar surface area (TPSA) is 38.1 Å². The number of rotatable bonds is 5. The van der Waals surface area contributed by atoms with E-state index in [0.717, 1.165) is 37.0 Å². The number of nitrogens with one attached hydrogen (secondary N) is 1. The molecule has 1 aromatic heterocycles. The van der Waals surface area contributed by atoms with Crippen molar-refractivity contribution in [1.29, 1.82) is 0 Å². The molecule has 0 aliphatic heterocycles. The average molecular weight is 282 g/mol. The molecule has 0 bridgehead atoms. The zero-order valence-corrected chi connectivity index (χ0v) is 12.5. The van der Waals surface area contributed by atoms with Crippen LogP contribution in [-0.4, -0.2) is 18.6 Å². The monoisotopic (exact) mass is 282 g/mol. The summed E-state index contributed by atoms with van der Waals surface area (Å²) in [5.41, 5.74) is 3.09. The Balaban J connectivity index is 1.50. The Hall–Kier alpha value is -1.61. The molecule has 1 aromatic carbocycles. The number of nitrogens with zero attached hydrogens (tertiary/aromatic N) is 1. The van der Waals surface area contributed by atoms with Crippen molar-refractivity contribution in [3.05, 3.63) is 53.2 Å². The van der Waals surface area contributed by atoms with Crippen molar-refractivity contribution >= 4 is 0 Å². The van der Waals surface area contributed by atoms with Crippen molar-refractivity contribution in [1.82, 2.24) is 10.3 Å². The van der Waals surface area contributed by atoms with Gasteiger partial charge in [0.1, 0.15) is 5.76 Å². The summed E-state index contributed by atoms with van der Waals surface area (Å²) >= 11 is 0. The second-order valence-electron chi connectivity index (χ2n) is 6.32. The summed E-state index contributed by atoms with van der Waals surface area (Å²) in [5, 5.41) is 3.16. The predicted octanol–water partition coefficient (Wildman–Crippen LogP) is 3.27. The zero-order chi connectivity index (χ0) is 14.2. The van der Waals surface area contributed by atoms with E-state index in [2.05, 4.69) is 34.6 Å². The zero-order valence-electron chi connectivity index (χ0n) is 12.5. The third-order valence-electron chi connectivity index (χ3n) is 5.05. The molecule has 2 aromatic rings. The maximum absolute atomic E-state index is 6.02. The number of hydrogen-bond acceptors (Lipinski definition) is 3. The van der Waals surface area contributed by atoms with Crippen LogP contribution in [0.1, 0.15) is 47.5 Å². The summed E-state index contributed by atoms with van der Waals surface area (Å²) in [5.74, 6) is 4.03. The Bertz CT molecular complexity index is 634. The largest absolute Gasteiger partial charge is 0.445 e. The normalized spacial score (nSPS) is 26.2. The number of aryl methyl sites for hydroxylation is 2. The minimum Gasteiger partial charge on any atom is -0.445 e. The van der Waals surface area contributed by atoms with Gasteiger partial charge in [-0.15, -0.1) is 0 Å². The molecule has 1 saturated carbocycles. The van der Waals surface area contributed by atoms with Gasteiger partial charge in [-0.3, -0.25) is 0 Å². The van der Waals surface area contributed by atoms with Gasteiger partial charge in [-0.1, -0.05) is 24.3 Å². The van der Waals surface area contributed by atoms with Gasteiger partial charge >= 0.3 is 0 Å². The summed E-state index contributed by atoms with van der Waals surface area (Å²) in [6, 6.07) is 8.91. The van der Waals surface area contributed by atoms with Gasteiger partial charge in [0.05, 0.1) is 6.20 Å². The van der Waals surface area contributed by atoms with Crippen LogP contribution in [0.3, 0.4) is 0 Å². The lowest BCUT2D eigenvalue weighted by Crippen LogP contribution is -2.08.